The molecule has 0 radical (unpaired) electrons. The van der Waals surface area contributed by atoms with E-state index in [0.29, 0.717) is 18.5 Å². The third kappa shape index (κ3) is 2.82. The third-order valence-corrected chi connectivity index (χ3v) is 3.57. The molecule has 1 saturated carbocycles. The Bertz CT molecular complexity index is 568. The van der Waals surface area contributed by atoms with E-state index < -0.39 is 11.6 Å². The van der Waals surface area contributed by atoms with Crippen molar-refractivity contribution in [1.82, 2.24) is 5.32 Å². The number of halogens is 2. The van der Waals surface area contributed by atoms with Gasteiger partial charge in [0.1, 0.15) is 0 Å². The molecule has 0 aliphatic heterocycles. The van der Waals surface area contributed by atoms with Crippen molar-refractivity contribution in [3.63, 3.8) is 0 Å². The van der Waals surface area contributed by atoms with Gasteiger partial charge in [0.15, 0.2) is 11.6 Å². The van der Waals surface area contributed by atoms with Crippen LogP contribution in [-0.4, -0.2) is 6.04 Å². The summed E-state index contributed by atoms with van der Waals surface area (Å²) in [4.78, 5) is 0. The molecule has 2 aromatic rings. The van der Waals surface area contributed by atoms with Crippen LogP contribution in [0.3, 0.4) is 0 Å². The van der Waals surface area contributed by atoms with Crippen LogP contribution in [0.1, 0.15) is 23.5 Å². The normalized spacial score (nSPS) is 21.4. The average molecular weight is 259 g/mol. The van der Waals surface area contributed by atoms with E-state index in [4.69, 9.17) is 0 Å². The summed E-state index contributed by atoms with van der Waals surface area (Å²) in [6.45, 7) is 0.575. The molecule has 2 atom stereocenters. The molecule has 0 heterocycles. The fourth-order valence-electron chi connectivity index (χ4n) is 2.39. The molecule has 1 nitrogen and oxygen atoms in total. The Kier molecular flexibility index (Phi) is 3.30. The van der Waals surface area contributed by atoms with Crippen molar-refractivity contribution < 1.29 is 8.78 Å². The van der Waals surface area contributed by atoms with Gasteiger partial charge in [-0.3, -0.25) is 0 Å². The summed E-state index contributed by atoms with van der Waals surface area (Å²) in [5.41, 5.74) is 2.11. The number of rotatable bonds is 4. The maximum Gasteiger partial charge on any atom is 0.159 e. The van der Waals surface area contributed by atoms with Crippen molar-refractivity contribution in [3.05, 3.63) is 71.3 Å². The molecule has 1 fully saturated rings. The van der Waals surface area contributed by atoms with Crippen LogP contribution in [0.5, 0.6) is 0 Å². The first kappa shape index (κ1) is 12.3. The van der Waals surface area contributed by atoms with Gasteiger partial charge >= 0.3 is 0 Å². The standard InChI is InChI=1S/C16H15F2N/c17-14-7-6-11(8-15(14)18)10-19-16-9-13(16)12-4-2-1-3-5-12/h1-8,13,16,19H,9-10H2. The molecule has 0 bridgehead atoms. The SMILES string of the molecule is Fc1ccc(CNC2CC2c2ccccc2)cc1F. The first-order valence-corrected chi connectivity index (χ1v) is 6.46. The van der Waals surface area contributed by atoms with E-state index in [-0.39, 0.29) is 0 Å². The smallest absolute Gasteiger partial charge is 0.159 e. The first-order chi connectivity index (χ1) is 9.24. The number of hydrogen-bond donors (Lipinski definition) is 1. The lowest BCUT2D eigenvalue weighted by atomic mass is 10.1. The Morgan fingerprint density at radius 2 is 1.79 bits per heavy atom. The molecule has 1 aliphatic rings. The largest absolute Gasteiger partial charge is 0.309 e. The monoisotopic (exact) mass is 259 g/mol. The number of nitrogens with one attached hydrogen (secondary N) is 1. The maximum atomic E-state index is 13.1. The quantitative estimate of drug-likeness (QED) is 0.884. The topological polar surface area (TPSA) is 12.0 Å². The minimum atomic E-state index is -0.794. The van der Waals surface area contributed by atoms with Gasteiger partial charge in [-0.15, -0.1) is 0 Å². The fourth-order valence-corrected chi connectivity index (χ4v) is 2.39. The fraction of sp³-hybridized carbons (Fsp3) is 0.250. The van der Waals surface area contributed by atoms with Gasteiger partial charge < -0.3 is 5.32 Å². The molecule has 0 aromatic heterocycles. The molecule has 0 amide bonds. The van der Waals surface area contributed by atoms with Crippen LogP contribution >= 0.6 is 0 Å². The molecule has 2 unspecified atom stereocenters. The van der Waals surface area contributed by atoms with E-state index in [9.17, 15) is 8.78 Å². The minimum Gasteiger partial charge on any atom is -0.309 e. The lowest BCUT2D eigenvalue weighted by Crippen LogP contribution is -2.17. The van der Waals surface area contributed by atoms with E-state index >= 15 is 0 Å². The van der Waals surface area contributed by atoms with Crippen LogP contribution in [0.4, 0.5) is 8.78 Å². The predicted octanol–water partition coefficient (Wildman–Crippen LogP) is 3.61. The minimum absolute atomic E-state index is 0.440. The molecule has 1 aliphatic carbocycles. The van der Waals surface area contributed by atoms with Gasteiger partial charge in [0.05, 0.1) is 0 Å². The van der Waals surface area contributed by atoms with Gasteiger partial charge in [0.25, 0.3) is 0 Å². The van der Waals surface area contributed by atoms with Crippen LogP contribution in [0.2, 0.25) is 0 Å². The lowest BCUT2D eigenvalue weighted by molar-refractivity contribution is 0.506. The van der Waals surface area contributed by atoms with Crippen LogP contribution in [0.25, 0.3) is 0 Å². The molecule has 1 N–H and O–H groups in total. The zero-order valence-corrected chi connectivity index (χ0v) is 10.4. The van der Waals surface area contributed by atoms with Gasteiger partial charge in [-0.2, -0.15) is 0 Å². The molecular formula is C16H15F2N. The summed E-state index contributed by atoms with van der Waals surface area (Å²) >= 11 is 0. The van der Waals surface area contributed by atoms with Crippen molar-refractivity contribution in [1.29, 1.82) is 0 Å². The second kappa shape index (κ2) is 5.10. The Balaban J connectivity index is 1.56. The maximum absolute atomic E-state index is 13.1. The van der Waals surface area contributed by atoms with Crippen LogP contribution in [-0.2, 0) is 6.54 Å². The van der Waals surface area contributed by atoms with E-state index in [1.54, 1.807) is 6.07 Å². The first-order valence-electron chi connectivity index (χ1n) is 6.46. The Morgan fingerprint density at radius 3 is 2.53 bits per heavy atom. The second-order valence-corrected chi connectivity index (χ2v) is 4.99. The zero-order valence-electron chi connectivity index (χ0n) is 10.4. The molecule has 3 heteroatoms. The summed E-state index contributed by atoms with van der Waals surface area (Å²) in [7, 11) is 0. The van der Waals surface area contributed by atoms with Crippen molar-refractivity contribution in [2.75, 3.05) is 0 Å². The predicted molar refractivity (Wildman–Crippen MR) is 70.8 cm³/mol. The summed E-state index contributed by atoms with van der Waals surface area (Å²) < 4.78 is 25.9. The van der Waals surface area contributed by atoms with Gasteiger partial charge in [0, 0.05) is 18.5 Å². The molecule has 19 heavy (non-hydrogen) atoms. The highest BCUT2D eigenvalue weighted by Crippen LogP contribution is 2.40. The highest BCUT2D eigenvalue weighted by atomic mass is 19.2. The second-order valence-electron chi connectivity index (χ2n) is 4.99. The zero-order chi connectivity index (χ0) is 13.2. The molecular weight excluding hydrogens is 244 g/mol. The lowest BCUT2D eigenvalue weighted by Gasteiger charge is -2.05. The third-order valence-electron chi connectivity index (χ3n) is 3.57. The molecule has 0 spiro atoms. The summed E-state index contributed by atoms with van der Waals surface area (Å²) in [6, 6.07) is 14.8. The number of hydrogen-bond acceptors (Lipinski definition) is 1. The van der Waals surface area contributed by atoms with E-state index in [1.807, 2.05) is 18.2 Å². The van der Waals surface area contributed by atoms with Crippen LogP contribution in [0, 0.1) is 11.6 Å². The highest BCUT2D eigenvalue weighted by Gasteiger charge is 2.37. The molecule has 2 aromatic carbocycles. The Hall–Kier alpha value is -1.74. The van der Waals surface area contributed by atoms with E-state index in [0.717, 1.165) is 12.0 Å². The van der Waals surface area contributed by atoms with Gasteiger partial charge in [-0.25, -0.2) is 8.78 Å². The Morgan fingerprint density at radius 1 is 1.00 bits per heavy atom. The van der Waals surface area contributed by atoms with Gasteiger partial charge in [0.2, 0.25) is 0 Å². The van der Waals surface area contributed by atoms with Gasteiger partial charge in [-0.1, -0.05) is 36.4 Å². The highest BCUT2D eigenvalue weighted by molar-refractivity contribution is 5.28. The van der Waals surface area contributed by atoms with Crippen molar-refractivity contribution in [2.45, 2.75) is 24.9 Å². The molecule has 0 saturated heterocycles. The van der Waals surface area contributed by atoms with E-state index in [1.165, 1.54) is 17.7 Å². The Labute approximate surface area is 111 Å². The van der Waals surface area contributed by atoms with Crippen molar-refractivity contribution in [3.8, 4) is 0 Å². The average Bonchev–Trinajstić information content (AvgIpc) is 3.21. The molecule has 98 valence electrons. The van der Waals surface area contributed by atoms with Crippen molar-refractivity contribution >= 4 is 0 Å². The van der Waals surface area contributed by atoms with Crippen molar-refractivity contribution in [2.24, 2.45) is 0 Å². The summed E-state index contributed by atoms with van der Waals surface area (Å²) in [5.74, 6) is -1.03. The summed E-state index contributed by atoms with van der Waals surface area (Å²) in [6.07, 6.45) is 1.10. The van der Waals surface area contributed by atoms with Crippen LogP contribution in [0.15, 0.2) is 48.5 Å². The van der Waals surface area contributed by atoms with Crippen LogP contribution < -0.4 is 5.32 Å². The van der Waals surface area contributed by atoms with Gasteiger partial charge in [-0.05, 0) is 29.7 Å². The van der Waals surface area contributed by atoms with E-state index in [2.05, 4.69) is 17.4 Å². The summed E-state index contributed by atoms with van der Waals surface area (Å²) in [5, 5.41) is 3.38. The molecule has 3 rings (SSSR count). The number of benzene rings is 2.